The summed E-state index contributed by atoms with van der Waals surface area (Å²) in [7, 11) is -3.71. The van der Waals surface area contributed by atoms with Gasteiger partial charge < -0.3 is 20.1 Å². The number of hydrogen-bond acceptors (Lipinski definition) is 5. The van der Waals surface area contributed by atoms with Crippen LogP contribution in [0.5, 0.6) is 5.75 Å². The zero-order valence-electron chi connectivity index (χ0n) is 17.7. The van der Waals surface area contributed by atoms with E-state index in [-0.39, 0.29) is 35.4 Å². The number of nitrogens with one attached hydrogen (secondary N) is 2. The minimum Gasteiger partial charge on any atom is -0.473 e. The van der Waals surface area contributed by atoms with Crippen molar-refractivity contribution in [1.82, 2.24) is 9.62 Å². The number of sulfonamides is 1. The summed E-state index contributed by atoms with van der Waals surface area (Å²) in [6.07, 6.45) is 0. The quantitative estimate of drug-likeness (QED) is 0.634. The van der Waals surface area contributed by atoms with Crippen LogP contribution in [0.1, 0.15) is 16.7 Å². The van der Waals surface area contributed by atoms with Crippen LogP contribution >= 0.6 is 11.6 Å². The normalized spacial score (nSPS) is 14.8. The predicted octanol–water partition coefficient (Wildman–Crippen LogP) is 3.44. The molecule has 10 heteroatoms. The van der Waals surface area contributed by atoms with Crippen LogP contribution in [0.3, 0.4) is 0 Å². The Labute approximate surface area is 187 Å². The monoisotopic (exact) mass is 467 g/mol. The fraction of sp³-hybridized carbons (Fsp3) is 0.381. The molecular weight excluding hydrogens is 442 g/mol. The van der Waals surface area contributed by atoms with Crippen molar-refractivity contribution in [3.05, 3.63) is 52.0 Å². The Balaban J connectivity index is 1.65. The maximum atomic E-state index is 12.8. The van der Waals surface area contributed by atoms with Crippen LogP contribution in [-0.4, -0.2) is 51.8 Å². The lowest BCUT2D eigenvalue weighted by atomic mass is 10.1. The third-order valence-electron chi connectivity index (χ3n) is 5.12. The van der Waals surface area contributed by atoms with Crippen molar-refractivity contribution < 1.29 is 22.7 Å². The number of carbonyl (C=O) groups excluding carboxylic acids is 1. The number of rotatable bonds is 6. The highest BCUT2D eigenvalue weighted by atomic mass is 35.5. The van der Waals surface area contributed by atoms with Gasteiger partial charge in [0.1, 0.15) is 5.75 Å². The van der Waals surface area contributed by atoms with Gasteiger partial charge in [0.05, 0.1) is 28.8 Å². The highest BCUT2D eigenvalue weighted by molar-refractivity contribution is 7.89. The zero-order chi connectivity index (χ0) is 22.6. The lowest BCUT2D eigenvalue weighted by Crippen LogP contribution is -2.40. The summed E-state index contributed by atoms with van der Waals surface area (Å²) >= 11 is 6.16. The first kappa shape index (κ1) is 23.3. The van der Waals surface area contributed by atoms with Gasteiger partial charge in [-0.2, -0.15) is 4.31 Å². The summed E-state index contributed by atoms with van der Waals surface area (Å²) in [6.45, 7) is 7.08. The van der Waals surface area contributed by atoms with Crippen LogP contribution in [0.2, 0.25) is 5.02 Å². The number of nitrogens with zero attached hydrogens (tertiary/aromatic N) is 1. The molecule has 1 aliphatic rings. The van der Waals surface area contributed by atoms with Crippen molar-refractivity contribution in [3.8, 4) is 5.75 Å². The van der Waals surface area contributed by atoms with E-state index in [0.29, 0.717) is 13.2 Å². The first-order chi connectivity index (χ1) is 14.7. The molecule has 0 aromatic heterocycles. The number of carbonyl (C=O) groups is 1. The number of amides is 2. The van der Waals surface area contributed by atoms with E-state index in [1.54, 1.807) is 0 Å². The number of halogens is 1. The molecule has 0 atom stereocenters. The zero-order valence-corrected chi connectivity index (χ0v) is 19.3. The Bertz CT molecular complexity index is 1070. The Morgan fingerprint density at radius 3 is 2.52 bits per heavy atom. The standard InChI is InChI=1S/C21H26ClN3O5S/c1-14-4-5-15(2)20(16(14)3)30-13-23-21(26)24-19-12-17(6-7-18(19)22)31(27,28)25-8-10-29-11-9-25/h4-7,12H,8-11,13H2,1-3H3,(H2,23,24,26). The smallest absolute Gasteiger partial charge is 0.321 e. The summed E-state index contributed by atoms with van der Waals surface area (Å²) in [5.74, 6) is 0.719. The van der Waals surface area contributed by atoms with Crippen LogP contribution in [0.15, 0.2) is 35.2 Å². The van der Waals surface area contributed by atoms with Gasteiger partial charge in [0, 0.05) is 13.1 Å². The third kappa shape index (κ3) is 5.48. The van der Waals surface area contributed by atoms with Crippen molar-refractivity contribution in [2.75, 3.05) is 38.4 Å². The fourth-order valence-electron chi connectivity index (χ4n) is 3.18. The summed E-state index contributed by atoms with van der Waals surface area (Å²) in [4.78, 5) is 12.4. The van der Waals surface area contributed by atoms with Gasteiger partial charge in [-0.3, -0.25) is 0 Å². The number of aryl methyl sites for hydroxylation is 2. The van der Waals surface area contributed by atoms with E-state index < -0.39 is 16.1 Å². The first-order valence-electron chi connectivity index (χ1n) is 9.82. The third-order valence-corrected chi connectivity index (χ3v) is 7.34. The van der Waals surface area contributed by atoms with Gasteiger partial charge in [0.2, 0.25) is 10.0 Å². The molecule has 1 heterocycles. The second kappa shape index (κ2) is 9.86. The molecule has 2 aromatic rings. The molecule has 0 saturated carbocycles. The Kier molecular flexibility index (Phi) is 7.42. The highest BCUT2D eigenvalue weighted by Gasteiger charge is 2.27. The Morgan fingerprint density at radius 2 is 1.81 bits per heavy atom. The van der Waals surface area contributed by atoms with Gasteiger partial charge in [-0.25, -0.2) is 13.2 Å². The average Bonchev–Trinajstić information content (AvgIpc) is 2.75. The van der Waals surface area contributed by atoms with Crippen molar-refractivity contribution in [1.29, 1.82) is 0 Å². The molecule has 168 valence electrons. The molecular formula is C21H26ClN3O5S. The predicted molar refractivity (Wildman–Crippen MR) is 119 cm³/mol. The van der Waals surface area contributed by atoms with Gasteiger partial charge in [-0.05, 0) is 55.7 Å². The molecule has 2 amide bonds. The van der Waals surface area contributed by atoms with Gasteiger partial charge >= 0.3 is 6.03 Å². The van der Waals surface area contributed by atoms with E-state index in [1.165, 1.54) is 22.5 Å². The molecule has 2 aromatic carbocycles. The molecule has 1 saturated heterocycles. The maximum Gasteiger partial charge on any atom is 0.321 e. The largest absolute Gasteiger partial charge is 0.473 e. The number of urea groups is 1. The minimum atomic E-state index is -3.71. The van der Waals surface area contributed by atoms with E-state index in [0.717, 1.165) is 22.4 Å². The number of anilines is 1. The van der Waals surface area contributed by atoms with Crippen LogP contribution < -0.4 is 15.4 Å². The molecule has 0 spiro atoms. The summed E-state index contributed by atoms with van der Waals surface area (Å²) < 4.78 is 38.0. The van der Waals surface area contributed by atoms with Crippen LogP contribution in [0.4, 0.5) is 10.5 Å². The molecule has 3 rings (SSSR count). The van der Waals surface area contributed by atoms with Crippen molar-refractivity contribution >= 4 is 33.3 Å². The number of benzene rings is 2. The van der Waals surface area contributed by atoms with Crippen LogP contribution in [-0.2, 0) is 14.8 Å². The molecule has 0 aliphatic carbocycles. The average molecular weight is 468 g/mol. The minimum absolute atomic E-state index is 0.0522. The van der Waals surface area contributed by atoms with Crippen LogP contribution in [0, 0.1) is 20.8 Å². The van der Waals surface area contributed by atoms with Crippen molar-refractivity contribution in [2.45, 2.75) is 25.7 Å². The topological polar surface area (TPSA) is 97.0 Å². The number of morpholine rings is 1. The van der Waals surface area contributed by atoms with E-state index in [4.69, 9.17) is 21.1 Å². The van der Waals surface area contributed by atoms with E-state index in [1.807, 2.05) is 32.9 Å². The second-order valence-corrected chi connectivity index (χ2v) is 9.58. The first-order valence-corrected chi connectivity index (χ1v) is 11.6. The molecule has 1 aliphatic heterocycles. The maximum absolute atomic E-state index is 12.8. The van der Waals surface area contributed by atoms with Crippen molar-refractivity contribution in [2.24, 2.45) is 0 Å². The van der Waals surface area contributed by atoms with Gasteiger partial charge in [0.15, 0.2) is 6.73 Å². The van der Waals surface area contributed by atoms with Crippen LogP contribution in [0.25, 0.3) is 0 Å². The molecule has 2 N–H and O–H groups in total. The lowest BCUT2D eigenvalue weighted by molar-refractivity contribution is 0.0730. The summed E-state index contributed by atoms with van der Waals surface area (Å²) in [6, 6.07) is 7.62. The molecule has 1 fully saturated rings. The molecule has 8 nitrogen and oxygen atoms in total. The van der Waals surface area contributed by atoms with Gasteiger partial charge in [-0.15, -0.1) is 0 Å². The number of hydrogen-bond donors (Lipinski definition) is 2. The Hall–Kier alpha value is -2.33. The van der Waals surface area contributed by atoms with Gasteiger partial charge in [0.25, 0.3) is 0 Å². The molecule has 0 radical (unpaired) electrons. The molecule has 31 heavy (non-hydrogen) atoms. The molecule has 0 unspecified atom stereocenters. The summed E-state index contributed by atoms with van der Waals surface area (Å²) in [5.41, 5.74) is 3.26. The number of ether oxygens (including phenoxy) is 2. The van der Waals surface area contributed by atoms with Crippen molar-refractivity contribution in [3.63, 3.8) is 0 Å². The highest BCUT2D eigenvalue weighted by Crippen LogP contribution is 2.28. The van der Waals surface area contributed by atoms with E-state index in [2.05, 4.69) is 10.6 Å². The van der Waals surface area contributed by atoms with E-state index in [9.17, 15) is 13.2 Å². The Morgan fingerprint density at radius 1 is 1.13 bits per heavy atom. The van der Waals surface area contributed by atoms with E-state index >= 15 is 0 Å². The SMILES string of the molecule is Cc1ccc(C)c(OCNC(=O)Nc2cc(S(=O)(=O)N3CCOCC3)ccc2Cl)c1C. The fourth-order valence-corrected chi connectivity index (χ4v) is 4.78. The second-order valence-electron chi connectivity index (χ2n) is 7.23. The van der Waals surface area contributed by atoms with Gasteiger partial charge in [-0.1, -0.05) is 23.7 Å². The molecule has 0 bridgehead atoms. The lowest BCUT2D eigenvalue weighted by Gasteiger charge is -2.26. The summed E-state index contributed by atoms with van der Waals surface area (Å²) in [5, 5.41) is 5.40.